The lowest BCUT2D eigenvalue weighted by Gasteiger charge is -2.51. The number of piperazine rings is 1. The Bertz CT molecular complexity index is 781. The molecular formula is C20H26ClN5O2. The van der Waals surface area contributed by atoms with Gasteiger partial charge in [0.2, 0.25) is 5.91 Å². The van der Waals surface area contributed by atoms with Gasteiger partial charge in [0, 0.05) is 17.1 Å². The second-order valence-corrected chi connectivity index (χ2v) is 8.09. The van der Waals surface area contributed by atoms with Crippen molar-refractivity contribution in [3.63, 3.8) is 0 Å². The molecule has 3 atom stereocenters. The van der Waals surface area contributed by atoms with Crippen molar-refractivity contribution in [3.8, 4) is 0 Å². The molecule has 1 saturated carbocycles. The van der Waals surface area contributed by atoms with Crippen LogP contribution in [0.2, 0.25) is 5.02 Å². The number of benzene rings is 1. The van der Waals surface area contributed by atoms with Crippen LogP contribution in [0.25, 0.3) is 0 Å². The van der Waals surface area contributed by atoms with E-state index in [9.17, 15) is 9.59 Å². The highest BCUT2D eigenvalue weighted by Crippen LogP contribution is 2.35. The number of hydrogen-bond donors (Lipinski definition) is 2. The third-order valence-corrected chi connectivity index (χ3v) is 6.03. The quantitative estimate of drug-likeness (QED) is 0.792. The van der Waals surface area contributed by atoms with Crippen molar-refractivity contribution in [1.29, 1.82) is 0 Å². The molecule has 150 valence electrons. The van der Waals surface area contributed by atoms with Crippen molar-refractivity contribution in [1.82, 2.24) is 15.2 Å². The molecule has 1 saturated heterocycles. The SMILES string of the molecule is CCCC1=NNC2C(=O)N(CC(=O)Nc3ccc(Cl)cc3)C3CCCCC3N12. The van der Waals surface area contributed by atoms with Crippen LogP contribution in [-0.4, -0.2) is 52.2 Å². The van der Waals surface area contributed by atoms with Gasteiger partial charge < -0.3 is 15.1 Å². The van der Waals surface area contributed by atoms with Gasteiger partial charge in [-0.1, -0.05) is 31.4 Å². The largest absolute Gasteiger partial charge is 0.325 e. The third-order valence-electron chi connectivity index (χ3n) is 5.78. The van der Waals surface area contributed by atoms with Gasteiger partial charge in [-0.2, -0.15) is 5.10 Å². The third kappa shape index (κ3) is 3.55. The Morgan fingerprint density at radius 2 is 1.96 bits per heavy atom. The topological polar surface area (TPSA) is 77.0 Å². The molecule has 8 heteroatoms. The van der Waals surface area contributed by atoms with Crippen molar-refractivity contribution in [2.24, 2.45) is 5.10 Å². The Morgan fingerprint density at radius 1 is 1.25 bits per heavy atom. The van der Waals surface area contributed by atoms with Crippen LogP contribution < -0.4 is 10.7 Å². The lowest BCUT2D eigenvalue weighted by Crippen LogP contribution is -2.69. The first kappa shape index (κ1) is 19.1. The van der Waals surface area contributed by atoms with Gasteiger partial charge >= 0.3 is 0 Å². The number of amidine groups is 1. The van der Waals surface area contributed by atoms with E-state index in [-0.39, 0.29) is 30.4 Å². The lowest BCUT2D eigenvalue weighted by molar-refractivity contribution is -0.151. The number of hydrogen-bond acceptors (Lipinski definition) is 5. The summed E-state index contributed by atoms with van der Waals surface area (Å²) in [6, 6.07) is 7.25. The normalized spacial score (nSPS) is 26.3. The summed E-state index contributed by atoms with van der Waals surface area (Å²) >= 11 is 5.90. The second kappa shape index (κ2) is 7.99. The van der Waals surface area contributed by atoms with E-state index in [2.05, 4.69) is 27.7 Å². The van der Waals surface area contributed by atoms with E-state index in [0.717, 1.165) is 44.4 Å². The minimum atomic E-state index is -0.482. The molecule has 0 radical (unpaired) electrons. The van der Waals surface area contributed by atoms with E-state index in [1.54, 1.807) is 29.2 Å². The molecule has 1 aromatic carbocycles. The minimum Gasteiger partial charge on any atom is -0.325 e. The number of anilines is 1. The zero-order valence-electron chi connectivity index (χ0n) is 16.0. The second-order valence-electron chi connectivity index (χ2n) is 7.66. The summed E-state index contributed by atoms with van der Waals surface area (Å²) in [5.41, 5.74) is 3.69. The van der Waals surface area contributed by atoms with Gasteiger partial charge in [0.25, 0.3) is 5.91 Å². The minimum absolute atomic E-state index is 0.0513. The fourth-order valence-electron chi connectivity index (χ4n) is 4.55. The summed E-state index contributed by atoms with van der Waals surface area (Å²) in [5, 5.41) is 7.92. The maximum Gasteiger partial charge on any atom is 0.268 e. The zero-order chi connectivity index (χ0) is 19.7. The van der Waals surface area contributed by atoms with Gasteiger partial charge in [0.05, 0.1) is 12.1 Å². The molecule has 2 aliphatic heterocycles. The summed E-state index contributed by atoms with van der Waals surface area (Å²) in [7, 11) is 0. The van der Waals surface area contributed by atoms with Gasteiger partial charge in [-0.25, -0.2) is 0 Å². The standard InChI is InChI=1S/C20H26ClN5O2/c1-2-5-17-23-24-19-20(28)25(15-6-3-4-7-16(15)26(17)19)12-18(27)22-14-10-8-13(21)9-11-14/h8-11,15-16,19,24H,2-7,12H2,1H3,(H,22,27). The highest BCUT2D eigenvalue weighted by molar-refractivity contribution is 6.30. The molecule has 0 bridgehead atoms. The number of halogens is 1. The first-order chi connectivity index (χ1) is 13.6. The van der Waals surface area contributed by atoms with Gasteiger partial charge in [0.1, 0.15) is 12.4 Å². The molecule has 3 aliphatic rings. The number of fused-ring (bicyclic) bond motifs is 3. The molecule has 2 heterocycles. The highest BCUT2D eigenvalue weighted by Gasteiger charge is 2.50. The van der Waals surface area contributed by atoms with Crippen LogP contribution in [-0.2, 0) is 9.59 Å². The van der Waals surface area contributed by atoms with Crippen LogP contribution in [0.5, 0.6) is 0 Å². The first-order valence-corrected chi connectivity index (χ1v) is 10.4. The number of carbonyl (C=O) groups is 2. The number of carbonyl (C=O) groups excluding carboxylic acids is 2. The lowest BCUT2D eigenvalue weighted by atomic mass is 9.85. The number of nitrogens with one attached hydrogen (secondary N) is 2. The van der Waals surface area contributed by atoms with Crippen LogP contribution >= 0.6 is 11.6 Å². The highest BCUT2D eigenvalue weighted by atomic mass is 35.5. The molecule has 2 amide bonds. The summed E-state index contributed by atoms with van der Waals surface area (Å²) < 4.78 is 0. The van der Waals surface area contributed by atoms with Crippen molar-refractivity contribution in [2.75, 3.05) is 11.9 Å². The molecule has 7 nitrogen and oxygen atoms in total. The van der Waals surface area contributed by atoms with Gasteiger partial charge in [-0.15, -0.1) is 0 Å². The van der Waals surface area contributed by atoms with E-state index in [4.69, 9.17) is 11.6 Å². The Kier molecular flexibility index (Phi) is 5.44. The van der Waals surface area contributed by atoms with Crippen molar-refractivity contribution in [2.45, 2.75) is 63.7 Å². The molecule has 2 fully saturated rings. The van der Waals surface area contributed by atoms with E-state index < -0.39 is 6.17 Å². The maximum absolute atomic E-state index is 13.2. The average Bonchev–Trinajstić information content (AvgIpc) is 3.11. The van der Waals surface area contributed by atoms with Crippen molar-refractivity contribution >= 4 is 34.9 Å². The predicted molar refractivity (Wildman–Crippen MR) is 109 cm³/mol. The average molecular weight is 404 g/mol. The maximum atomic E-state index is 13.2. The zero-order valence-corrected chi connectivity index (χ0v) is 16.8. The fraction of sp³-hybridized carbons (Fsp3) is 0.550. The Hall–Kier alpha value is -2.28. The molecule has 0 aromatic heterocycles. The monoisotopic (exact) mass is 403 g/mol. The summed E-state index contributed by atoms with van der Waals surface area (Å²) in [4.78, 5) is 29.8. The van der Waals surface area contributed by atoms with Crippen molar-refractivity contribution in [3.05, 3.63) is 29.3 Å². The number of hydrazone groups is 1. The summed E-state index contributed by atoms with van der Waals surface area (Å²) in [5.74, 6) is 0.716. The molecule has 2 N–H and O–H groups in total. The molecule has 1 aromatic rings. The molecule has 4 rings (SSSR count). The Balaban J connectivity index is 1.50. The van der Waals surface area contributed by atoms with Crippen LogP contribution in [0.4, 0.5) is 5.69 Å². The summed E-state index contributed by atoms with van der Waals surface area (Å²) in [6.45, 7) is 2.17. The van der Waals surface area contributed by atoms with E-state index in [1.165, 1.54) is 0 Å². The van der Waals surface area contributed by atoms with E-state index in [0.29, 0.717) is 10.7 Å². The Labute approximate surface area is 170 Å². The number of nitrogens with zero attached hydrogens (tertiary/aromatic N) is 3. The number of rotatable bonds is 5. The smallest absolute Gasteiger partial charge is 0.268 e. The van der Waals surface area contributed by atoms with Crippen LogP contribution in [0.15, 0.2) is 29.4 Å². The fourth-order valence-corrected chi connectivity index (χ4v) is 4.68. The van der Waals surface area contributed by atoms with E-state index in [1.807, 2.05) is 0 Å². The molecule has 0 spiro atoms. The first-order valence-electron chi connectivity index (χ1n) is 10.0. The molecule has 3 unspecified atom stereocenters. The molecule has 28 heavy (non-hydrogen) atoms. The predicted octanol–water partition coefficient (Wildman–Crippen LogP) is 2.78. The summed E-state index contributed by atoms with van der Waals surface area (Å²) in [6.07, 6.45) is 5.53. The van der Waals surface area contributed by atoms with Crippen molar-refractivity contribution < 1.29 is 9.59 Å². The number of amides is 2. The van der Waals surface area contributed by atoms with Gasteiger partial charge in [-0.3, -0.25) is 15.0 Å². The molecule has 1 aliphatic carbocycles. The van der Waals surface area contributed by atoms with Crippen LogP contribution in [0, 0.1) is 0 Å². The van der Waals surface area contributed by atoms with E-state index >= 15 is 0 Å². The van der Waals surface area contributed by atoms with Gasteiger partial charge in [0.15, 0.2) is 6.17 Å². The van der Waals surface area contributed by atoms with Gasteiger partial charge in [-0.05, 0) is 43.5 Å². The molecular weight excluding hydrogens is 378 g/mol. The van der Waals surface area contributed by atoms with Crippen LogP contribution in [0.3, 0.4) is 0 Å². The van der Waals surface area contributed by atoms with Crippen LogP contribution in [0.1, 0.15) is 45.4 Å². The Morgan fingerprint density at radius 3 is 2.68 bits per heavy atom.